The lowest BCUT2D eigenvalue weighted by molar-refractivity contribution is -0.384. The molecule has 0 aliphatic rings. The second-order valence-corrected chi connectivity index (χ2v) is 5.60. The van der Waals surface area contributed by atoms with E-state index in [0.717, 1.165) is 17.7 Å². The number of carbonyl (C=O) groups excluding carboxylic acids is 2. The Morgan fingerprint density at radius 3 is 2.52 bits per heavy atom. The van der Waals surface area contributed by atoms with Gasteiger partial charge in [-0.05, 0) is 18.6 Å². The van der Waals surface area contributed by atoms with Gasteiger partial charge in [-0.3, -0.25) is 14.9 Å². The van der Waals surface area contributed by atoms with Crippen molar-refractivity contribution >= 4 is 29.2 Å². The highest BCUT2D eigenvalue weighted by Crippen LogP contribution is 2.23. The maximum absolute atomic E-state index is 12.0. The smallest absolute Gasteiger partial charge is 0.340 e. The normalized spacial score (nSPS) is 11.4. The monoisotopic (exact) mass is 362 g/mol. The Bertz CT molecular complexity index is 795. The minimum atomic E-state index is -0.831. The summed E-state index contributed by atoms with van der Waals surface area (Å²) < 4.78 is 4.90. The first kappa shape index (κ1) is 18.4. The Labute approximate surface area is 148 Å². The molecule has 1 atom stereocenters. The van der Waals surface area contributed by atoms with Gasteiger partial charge >= 0.3 is 5.97 Å². The van der Waals surface area contributed by atoms with Gasteiger partial charge in [0.25, 0.3) is 11.6 Å². The summed E-state index contributed by atoms with van der Waals surface area (Å²) in [4.78, 5) is 33.9. The lowest BCUT2D eigenvalue weighted by atomic mass is 10.1. The molecule has 2 rings (SSSR count). The van der Waals surface area contributed by atoms with Crippen LogP contribution in [0.15, 0.2) is 48.5 Å². The lowest BCUT2D eigenvalue weighted by Gasteiger charge is -2.14. The molecule has 0 fully saturated rings. The van der Waals surface area contributed by atoms with Gasteiger partial charge < -0.3 is 10.1 Å². The summed E-state index contributed by atoms with van der Waals surface area (Å²) in [6.45, 7) is 1.32. The number of halogens is 1. The molecule has 1 N–H and O–H groups in total. The molecular weight excluding hydrogens is 348 g/mol. The van der Waals surface area contributed by atoms with Crippen LogP contribution in [-0.4, -0.2) is 23.4 Å². The number of hydrogen-bond donors (Lipinski definition) is 1. The van der Waals surface area contributed by atoms with Crippen molar-refractivity contribution in [3.05, 3.63) is 74.8 Å². The fourth-order valence-corrected chi connectivity index (χ4v) is 2.35. The Morgan fingerprint density at radius 1 is 1.24 bits per heavy atom. The molecule has 0 aromatic heterocycles. The first-order valence-corrected chi connectivity index (χ1v) is 7.71. The Hall–Kier alpha value is -2.93. The number of amides is 1. The van der Waals surface area contributed by atoms with E-state index >= 15 is 0 Å². The van der Waals surface area contributed by atoms with E-state index in [4.69, 9.17) is 16.3 Å². The standard InChI is InChI=1S/C17H15ClN2O5/c1-11(12-5-3-2-4-6-12)19-16(21)10-25-17(22)14-8-7-13(20(23)24)9-15(14)18/h2-9,11H,10H2,1H3,(H,19,21)/t11-/m1/s1. The maximum atomic E-state index is 12.0. The predicted octanol–water partition coefficient (Wildman–Crippen LogP) is 3.28. The average molecular weight is 363 g/mol. The molecule has 0 aliphatic carbocycles. The van der Waals surface area contributed by atoms with Crippen molar-refractivity contribution in [1.29, 1.82) is 0 Å². The molecule has 0 spiro atoms. The van der Waals surface area contributed by atoms with Gasteiger partial charge in [-0.15, -0.1) is 0 Å². The summed E-state index contributed by atoms with van der Waals surface area (Å²) in [5, 5.41) is 13.2. The second-order valence-electron chi connectivity index (χ2n) is 5.20. The molecule has 7 nitrogen and oxygen atoms in total. The quantitative estimate of drug-likeness (QED) is 0.483. The molecule has 2 aromatic carbocycles. The fourth-order valence-electron chi connectivity index (χ4n) is 2.10. The number of carbonyl (C=O) groups is 2. The van der Waals surface area contributed by atoms with Crippen molar-refractivity contribution in [3.8, 4) is 0 Å². The summed E-state index contributed by atoms with van der Waals surface area (Å²) in [5.41, 5.74) is 0.632. The SMILES string of the molecule is C[C@@H](NC(=O)COC(=O)c1ccc([N+](=O)[O-])cc1Cl)c1ccccc1. The van der Waals surface area contributed by atoms with Crippen molar-refractivity contribution in [1.82, 2.24) is 5.32 Å². The number of esters is 1. The predicted molar refractivity (Wildman–Crippen MR) is 91.4 cm³/mol. The molecule has 0 unspecified atom stereocenters. The average Bonchev–Trinajstić information content (AvgIpc) is 2.60. The molecule has 2 aromatic rings. The molecule has 0 aliphatic heterocycles. The minimum Gasteiger partial charge on any atom is -0.452 e. The molecular formula is C17H15ClN2O5. The van der Waals surface area contributed by atoms with Gasteiger partial charge in [-0.1, -0.05) is 41.9 Å². The summed E-state index contributed by atoms with van der Waals surface area (Å²) in [7, 11) is 0. The van der Waals surface area contributed by atoms with Crippen LogP contribution in [0.1, 0.15) is 28.9 Å². The van der Waals surface area contributed by atoms with Crippen LogP contribution in [0, 0.1) is 10.1 Å². The van der Waals surface area contributed by atoms with E-state index in [1.807, 2.05) is 37.3 Å². The molecule has 8 heteroatoms. The van der Waals surface area contributed by atoms with Crippen LogP contribution in [0.4, 0.5) is 5.69 Å². The van der Waals surface area contributed by atoms with Crippen LogP contribution in [0.25, 0.3) is 0 Å². The highest BCUT2D eigenvalue weighted by Gasteiger charge is 2.18. The Balaban J connectivity index is 1.91. The topological polar surface area (TPSA) is 98.5 Å². The minimum absolute atomic E-state index is 0.0452. The van der Waals surface area contributed by atoms with E-state index in [1.165, 1.54) is 6.07 Å². The van der Waals surface area contributed by atoms with Gasteiger partial charge in [0.2, 0.25) is 0 Å². The zero-order chi connectivity index (χ0) is 18.4. The van der Waals surface area contributed by atoms with E-state index in [-0.39, 0.29) is 22.3 Å². The number of nitro benzene ring substituents is 1. The highest BCUT2D eigenvalue weighted by molar-refractivity contribution is 6.33. The summed E-state index contributed by atoms with van der Waals surface area (Å²) in [5.74, 6) is -1.30. The Morgan fingerprint density at radius 2 is 1.92 bits per heavy atom. The van der Waals surface area contributed by atoms with Crippen LogP contribution in [-0.2, 0) is 9.53 Å². The van der Waals surface area contributed by atoms with Gasteiger partial charge in [0.05, 0.1) is 21.6 Å². The Kier molecular flexibility index (Phi) is 6.08. The van der Waals surface area contributed by atoms with E-state index in [9.17, 15) is 19.7 Å². The van der Waals surface area contributed by atoms with Gasteiger partial charge in [-0.25, -0.2) is 4.79 Å². The number of ether oxygens (including phenoxy) is 1. The van der Waals surface area contributed by atoms with Gasteiger partial charge in [0.1, 0.15) is 0 Å². The van der Waals surface area contributed by atoms with E-state index in [0.29, 0.717) is 0 Å². The molecule has 0 bridgehead atoms. The van der Waals surface area contributed by atoms with Crippen LogP contribution in [0.3, 0.4) is 0 Å². The molecule has 0 heterocycles. The second kappa shape index (κ2) is 8.25. The number of benzene rings is 2. The van der Waals surface area contributed by atoms with Gasteiger partial charge in [0, 0.05) is 12.1 Å². The lowest BCUT2D eigenvalue weighted by Crippen LogP contribution is -2.31. The third kappa shape index (κ3) is 5.02. The van der Waals surface area contributed by atoms with Crippen LogP contribution in [0.5, 0.6) is 0 Å². The third-order valence-corrected chi connectivity index (χ3v) is 3.71. The molecule has 1 amide bonds. The van der Waals surface area contributed by atoms with Crippen molar-refractivity contribution in [2.45, 2.75) is 13.0 Å². The number of non-ortho nitro benzene ring substituents is 1. The van der Waals surface area contributed by atoms with Crippen LogP contribution in [0.2, 0.25) is 5.02 Å². The largest absolute Gasteiger partial charge is 0.452 e. The van der Waals surface area contributed by atoms with Crippen molar-refractivity contribution < 1.29 is 19.2 Å². The number of nitro groups is 1. The number of hydrogen-bond acceptors (Lipinski definition) is 5. The highest BCUT2D eigenvalue weighted by atomic mass is 35.5. The van der Waals surface area contributed by atoms with E-state index in [2.05, 4.69) is 5.32 Å². The van der Waals surface area contributed by atoms with Gasteiger partial charge in [-0.2, -0.15) is 0 Å². The summed E-state index contributed by atoms with van der Waals surface area (Å²) in [6, 6.07) is 12.5. The van der Waals surface area contributed by atoms with Crippen molar-refractivity contribution in [3.63, 3.8) is 0 Å². The molecule has 130 valence electrons. The number of rotatable bonds is 6. The number of nitrogens with zero attached hydrogens (tertiary/aromatic N) is 1. The van der Waals surface area contributed by atoms with Crippen LogP contribution < -0.4 is 5.32 Å². The third-order valence-electron chi connectivity index (χ3n) is 3.39. The van der Waals surface area contributed by atoms with Gasteiger partial charge in [0.15, 0.2) is 6.61 Å². The van der Waals surface area contributed by atoms with E-state index < -0.39 is 23.4 Å². The molecule has 0 saturated carbocycles. The maximum Gasteiger partial charge on any atom is 0.340 e. The first-order valence-electron chi connectivity index (χ1n) is 7.34. The van der Waals surface area contributed by atoms with Crippen molar-refractivity contribution in [2.75, 3.05) is 6.61 Å². The number of nitrogens with one attached hydrogen (secondary N) is 1. The molecule has 25 heavy (non-hydrogen) atoms. The van der Waals surface area contributed by atoms with Crippen LogP contribution >= 0.6 is 11.6 Å². The molecule has 0 saturated heterocycles. The van der Waals surface area contributed by atoms with Crippen molar-refractivity contribution in [2.24, 2.45) is 0 Å². The fraction of sp³-hybridized carbons (Fsp3) is 0.176. The molecule has 0 radical (unpaired) electrons. The zero-order valence-electron chi connectivity index (χ0n) is 13.3. The first-order chi connectivity index (χ1) is 11.9. The summed E-state index contributed by atoms with van der Waals surface area (Å²) >= 11 is 5.84. The van der Waals surface area contributed by atoms with E-state index in [1.54, 1.807) is 0 Å². The zero-order valence-corrected chi connectivity index (χ0v) is 14.0. The summed E-state index contributed by atoms with van der Waals surface area (Å²) in [6.07, 6.45) is 0.